The van der Waals surface area contributed by atoms with Crippen LogP contribution >= 0.6 is 0 Å². The highest BCUT2D eigenvalue weighted by atomic mass is 16.4. The lowest BCUT2D eigenvalue weighted by atomic mass is 10.1. The van der Waals surface area contributed by atoms with E-state index < -0.39 is 12.0 Å². The molecule has 0 spiro atoms. The van der Waals surface area contributed by atoms with E-state index in [-0.39, 0.29) is 10.7 Å². The molecule has 0 fully saturated rings. The van der Waals surface area contributed by atoms with Gasteiger partial charge in [0.05, 0.1) is 0 Å². The van der Waals surface area contributed by atoms with Crippen LogP contribution in [0.15, 0.2) is 24.3 Å². The van der Waals surface area contributed by atoms with E-state index in [1.54, 1.807) is 36.1 Å². The summed E-state index contributed by atoms with van der Waals surface area (Å²) in [4.78, 5) is 34.1. The standard InChI is InChI=1S/C16H15NO4/c1-2-3-8-13(16(20)21)17-14(9-18)11-6-4-5-7-12(11)15(17)10-19/h4-7,13H,2-3,8H2,1H3,(H,20,21)/t13-/m1/s1. The lowest BCUT2D eigenvalue weighted by Gasteiger charge is -2.13. The van der Waals surface area contributed by atoms with Gasteiger partial charge in [-0.05, 0) is 6.42 Å². The van der Waals surface area contributed by atoms with Crippen molar-refractivity contribution in [2.24, 2.45) is 0 Å². The summed E-state index contributed by atoms with van der Waals surface area (Å²) >= 11 is 0. The van der Waals surface area contributed by atoms with Crippen molar-refractivity contribution in [3.8, 4) is 0 Å². The first-order chi connectivity index (χ1) is 10.2. The van der Waals surface area contributed by atoms with Crippen LogP contribution in [0, 0.1) is 0 Å². The van der Waals surface area contributed by atoms with Gasteiger partial charge in [-0.2, -0.15) is 0 Å². The number of fused-ring (bicyclic) bond motifs is 1. The van der Waals surface area contributed by atoms with Crippen molar-refractivity contribution in [3.63, 3.8) is 0 Å². The number of carbonyl (C=O) groups excluding carboxylic acids is 2. The third kappa shape index (κ3) is 2.52. The number of carbonyl (C=O) groups is 1. The molecule has 1 atom stereocenters. The van der Waals surface area contributed by atoms with Crippen LogP contribution in [0.25, 0.3) is 10.8 Å². The molecule has 0 aliphatic heterocycles. The van der Waals surface area contributed by atoms with Crippen molar-refractivity contribution in [2.75, 3.05) is 0 Å². The Hall–Kier alpha value is -2.61. The van der Waals surface area contributed by atoms with Gasteiger partial charge in [0.25, 0.3) is 0 Å². The van der Waals surface area contributed by atoms with Gasteiger partial charge in [0.2, 0.25) is 0 Å². The van der Waals surface area contributed by atoms with E-state index in [0.29, 0.717) is 23.6 Å². The van der Waals surface area contributed by atoms with E-state index in [4.69, 9.17) is 0 Å². The van der Waals surface area contributed by atoms with Crippen LogP contribution in [0.1, 0.15) is 32.2 Å². The maximum absolute atomic E-state index is 11.5. The lowest BCUT2D eigenvalue weighted by molar-refractivity contribution is -0.141. The zero-order valence-electron chi connectivity index (χ0n) is 11.6. The first-order valence-electron chi connectivity index (χ1n) is 6.77. The number of benzene rings is 1. The minimum atomic E-state index is -1.07. The van der Waals surface area contributed by atoms with Crippen molar-refractivity contribution >= 4 is 28.6 Å². The fourth-order valence-electron chi connectivity index (χ4n) is 2.55. The molecule has 0 saturated carbocycles. The average Bonchev–Trinajstić information content (AvgIpc) is 2.80. The van der Waals surface area contributed by atoms with Crippen LogP contribution in [-0.4, -0.2) is 27.5 Å². The predicted molar refractivity (Wildman–Crippen MR) is 77.0 cm³/mol. The topological polar surface area (TPSA) is 76.4 Å². The molecule has 0 amide bonds. The van der Waals surface area contributed by atoms with Crippen LogP contribution in [-0.2, 0) is 14.4 Å². The smallest absolute Gasteiger partial charge is 0.326 e. The van der Waals surface area contributed by atoms with E-state index >= 15 is 0 Å². The van der Waals surface area contributed by atoms with Gasteiger partial charge in [-0.15, -0.1) is 0 Å². The Kier molecular flexibility index (Phi) is 4.39. The molecule has 0 unspecified atom stereocenters. The first kappa shape index (κ1) is 14.8. The van der Waals surface area contributed by atoms with Gasteiger partial charge in [-0.1, -0.05) is 44.0 Å². The summed E-state index contributed by atoms with van der Waals surface area (Å²) in [5, 5.41) is 10.7. The second-order valence-electron chi connectivity index (χ2n) is 4.81. The van der Waals surface area contributed by atoms with E-state index in [1.165, 1.54) is 4.57 Å². The van der Waals surface area contributed by atoms with Crippen LogP contribution < -0.4 is 10.7 Å². The molecule has 0 bridgehead atoms. The van der Waals surface area contributed by atoms with Crippen LogP contribution in [0.4, 0.5) is 0 Å². The molecule has 0 aliphatic carbocycles. The molecular formula is C16H15NO4. The Balaban J connectivity index is 2.88. The molecule has 108 valence electrons. The van der Waals surface area contributed by atoms with E-state index in [2.05, 4.69) is 0 Å². The normalized spacial score (nSPS) is 11.9. The Morgan fingerprint density at radius 3 is 2.10 bits per heavy atom. The number of hydrogen-bond acceptors (Lipinski definition) is 3. The minimum Gasteiger partial charge on any atom is -0.480 e. The summed E-state index contributed by atoms with van der Waals surface area (Å²) in [7, 11) is 0. The number of unbranched alkanes of at least 4 members (excludes halogenated alkanes) is 1. The summed E-state index contributed by atoms with van der Waals surface area (Å²) < 4.78 is 1.25. The lowest BCUT2D eigenvalue weighted by Crippen LogP contribution is -2.36. The second-order valence-corrected chi connectivity index (χ2v) is 4.81. The van der Waals surface area contributed by atoms with Gasteiger partial charge in [-0.3, -0.25) is 0 Å². The monoisotopic (exact) mass is 285 g/mol. The molecule has 2 rings (SSSR count). The summed E-state index contributed by atoms with van der Waals surface area (Å²) in [5.41, 5.74) is 0. The quantitative estimate of drug-likeness (QED) is 0.866. The van der Waals surface area contributed by atoms with Gasteiger partial charge >= 0.3 is 5.97 Å². The highest BCUT2D eigenvalue weighted by Gasteiger charge is 2.23. The molecule has 5 nitrogen and oxygen atoms in total. The number of hydrogen-bond donors (Lipinski definition) is 1. The maximum atomic E-state index is 11.5. The summed E-state index contributed by atoms with van der Waals surface area (Å²) in [6, 6.07) is 5.83. The molecule has 0 aliphatic rings. The molecule has 5 heteroatoms. The molecule has 2 aromatic rings. The van der Waals surface area contributed by atoms with Crippen molar-refractivity contribution in [1.82, 2.24) is 4.57 Å². The van der Waals surface area contributed by atoms with Gasteiger partial charge in [0, 0.05) is 10.8 Å². The third-order valence-corrected chi connectivity index (χ3v) is 3.54. The predicted octanol–water partition coefficient (Wildman–Crippen LogP) is 0.464. The summed E-state index contributed by atoms with van der Waals surface area (Å²) in [6.45, 7) is 1.95. The van der Waals surface area contributed by atoms with Crippen molar-refractivity contribution in [2.45, 2.75) is 32.2 Å². The minimum absolute atomic E-state index is 0.0902. The Labute approximate surface area is 120 Å². The van der Waals surface area contributed by atoms with Gasteiger partial charge in [-0.25, -0.2) is 14.4 Å². The SMILES string of the molecule is CCCC[C@H](C(=O)O)n1c(=C=O)c2ccccc2c1=C=O. The Morgan fingerprint density at radius 2 is 1.71 bits per heavy atom. The molecule has 0 radical (unpaired) electrons. The Bertz CT molecular complexity index is 782. The van der Waals surface area contributed by atoms with Crippen molar-refractivity contribution in [3.05, 3.63) is 35.0 Å². The molecule has 1 heterocycles. The Morgan fingerprint density at radius 1 is 1.19 bits per heavy atom. The highest BCUT2D eigenvalue weighted by Crippen LogP contribution is 2.14. The molecule has 0 saturated heterocycles. The highest BCUT2D eigenvalue weighted by molar-refractivity contribution is 5.89. The number of nitrogens with zero attached hydrogens (tertiary/aromatic N) is 1. The van der Waals surface area contributed by atoms with Crippen molar-refractivity contribution in [1.29, 1.82) is 0 Å². The number of aliphatic carboxylic acids is 1. The molecule has 21 heavy (non-hydrogen) atoms. The summed E-state index contributed by atoms with van der Waals surface area (Å²) in [5.74, 6) is 2.48. The largest absolute Gasteiger partial charge is 0.480 e. The van der Waals surface area contributed by atoms with Gasteiger partial charge in [0.1, 0.15) is 16.7 Å². The third-order valence-electron chi connectivity index (χ3n) is 3.54. The van der Waals surface area contributed by atoms with E-state index in [1.807, 2.05) is 6.92 Å². The zero-order chi connectivity index (χ0) is 15.4. The van der Waals surface area contributed by atoms with Gasteiger partial charge in [0.15, 0.2) is 11.9 Å². The average molecular weight is 285 g/mol. The molecule has 1 aromatic carbocycles. The first-order valence-corrected chi connectivity index (χ1v) is 6.77. The van der Waals surface area contributed by atoms with Crippen LogP contribution in [0.2, 0.25) is 0 Å². The number of rotatable bonds is 5. The molecular weight excluding hydrogens is 270 g/mol. The molecule has 1 aromatic heterocycles. The molecule has 1 N–H and O–H groups in total. The number of carboxylic acids is 1. The fourth-order valence-corrected chi connectivity index (χ4v) is 2.55. The van der Waals surface area contributed by atoms with Crippen molar-refractivity contribution < 1.29 is 19.5 Å². The fraction of sp³-hybridized carbons (Fsp3) is 0.312. The maximum Gasteiger partial charge on any atom is 0.326 e. The van der Waals surface area contributed by atoms with Crippen LogP contribution in [0.5, 0.6) is 0 Å². The van der Waals surface area contributed by atoms with Crippen LogP contribution in [0.3, 0.4) is 0 Å². The zero-order valence-corrected chi connectivity index (χ0v) is 11.6. The second kappa shape index (κ2) is 6.23. The number of aromatic nitrogens is 1. The summed E-state index contributed by atoms with van der Waals surface area (Å²) in [6.07, 6.45) is 1.85. The van der Waals surface area contributed by atoms with E-state index in [9.17, 15) is 19.5 Å². The van der Waals surface area contributed by atoms with Gasteiger partial charge < -0.3 is 9.67 Å². The van der Waals surface area contributed by atoms with E-state index in [0.717, 1.165) is 6.42 Å². The number of carboxylic acid groups (broad SMARTS) is 1.